The zero-order valence-electron chi connectivity index (χ0n) is 17.2. The molecule has 162 valence electrons. The summed E-state index contributed by atoms with van der Waals surface area (Å²) in [5.74, 6) is 0.0903. The van der Waals surface area contributed by atoms with Crippen molar-refractivity contribution in [3.63, 3.8) is 0 Å². The van der Waals surface area contributed by atoms with Crippen molar-refractivity contribution in [1.82, 2.24) is 4.90 Å². The maximum absolute atomic E-state index is 12.9. The van der Waals surface area contributed by atoms with Crippen LogP contribution in [-0.2, 0) is 16.0 Å². The van der Waals surface area contributed by atoms with Gasteiger partial charge >= 0.3 is 5.97 Å². The van der Waals surface area contributed by atoms with Crippen LogP contribution in [0.15, 0.2) is 53.4 Å². The Hall–Kier alpha value is -2.84. The number of carboxylic acids is 1. The molecule has 1 unspecified atom stereocenters. The molecule has 1 heterocycles. The molecule has 0 aromatic heterocycles. The number of benzene rings is 2. The first-order valence-electron chi connectivity index (χ1n) is 9.79. The molecule has 2 aromatic rings. The molecule has 31 heavy (non-hydrogen) atoms. The number of nitrogens with zero attached hydrogens (tertiary/aromatic N) is 1. The minimum atomic E-state index is -1.01. The van der Waals surface area contributed by atoms with Crippen LogP contribution in [-0.4, -0.2) is 46.0 Å². The first-order chi connectivity index (χ1) is 14.9. The van der Waals surface area contributed by atoms with Gasteiger partial charge in [-0.3, -0.25) is 9.69 Å². The number of thioether (sulfide) groups is 1. The Bertz CT molecular complexity index is 1000. The van der Waals surface area contributed by atoms with Gasteiger partial charge in [0.25, 0.3) is 5.91 Å². The van der Waals surface area contributed by atoms with Gasteiger partial charge in [-0.25, -0.2) is 4.79 Å². The normalized spacial score (nSPS) is 15.9. The molecule has 6 nitrogen and oxygen atoms in total. The van der Waals surface area contributed by atoms with Crippen LogP contribution < -0.4 is 9.47 Å². The number of hydrogen-bond donors (Lipinski definition) is 1. The Morgan fingerprint density at radius 1 is 1.23 bits per heavy atom. The topological polar surface area (TPSA) is 76.1 Å². The van der Waals surface area contributed by atoms with Crippen molar-refractivity contribution in [2.45, 2.75) is 25.9 Å². The maximum Gasteiger partial charge on any atom is 0.344 e. The Morgan fingerprint density at radius 2 is 1.97 bits per heavy atom. The molecular weight excluding hydrogens is 434 g/mol. The summed E-state index contributed by atoms with van der Waals surface area (Å²) in [6.07, 6.45) is 1.88. The van der Waals surface area contributed by atoms with E-state index in [4.69, 9.17) is 21.7 Å². The molecule has 1 aliphatic heterocycles. The first kappa shape index (κ1) is 22.8. The molecule has 1 fully saturated rings. The van der Waals surface area contributed by atoms with Gasteiger partial charge in [-0.2, -0.15) is 0 Å². The first-order valence-corrected chi connectivity index (χ1v) is 11.0. The molecule has 0 aliphatic carbocycles. The second-order valence-electron chi connectivity index (χ2n) is 6.86. The highest BCUT2D eigenvalue weighted by Gasteiger charge is 2.31. The van der Waals surface area contributed by atoms with Crippen LogP contribution in [0.4, 0.5) is 0 Å². The average molecular weight is 458 g/mol. The molecule has 0 radical (unpaired) electrons. The van der Waals surface area contributed by atoms with Gasteiger partial charge in [0.1, 0.15) is 15.8 Å². The Morgan fingerprint density at radius 3 is 2.61 bits per heavy atom. The summed E-state index contributed by atoms with van der Waals surface area (Å²) in [6, 6.07) is 14.7. The highest BCUT2D eigenvalue weighted by atomic mass is 32.2. The van der Waals surface area contributed by atoms with E-state index in [-0.39, 0.29) is 5.91 Å². The van der Waals surface area contributed by atoms with Crippen LogP contribution in [0.2, 0.25) is 0 Å². The lowest BCUT2D eigenvalue weighted by Crippen LogP contribution is -2.30. The summed E-state index contributed by atoms with van der Waals surface area (Å²) in [5.41, 5.74) is 1.83. The van der Waals surface area contributed by atoms with Gasteiger partial charge in [-0.15, -0.1) is 0 Å². The molecule has 1 saturated heterocycles. The van der Waals surface area contributed by atoms with Crippen LogP contribution in [0.3, 0.4) is 0 Å². The number of methoxy groups -OCH3 is 1. The number of aliphatic carboxylic acids is 1. The standard InChI is InChI=1S/C23H23NO5S2/c1-3-19(22(26)27)29-18-6-4-5-16(13-18)14-20-21(25)24(23(30)31-20)12-11-15-7-9-17(28-2)10-8-15/h4-10,13-14,19H,3,11-12H2,1-2H3,(H,26,27)/b20-14+. The molecule has 8 heteroatoms. The number of carboxylic acid groups (broad SMARTS) is 1. The van der Waals surface area contributed by atoms with E-state index >= 15 is 0 Å². The SMILES string of the molecule is CCC(Oc1cccc(/C=C2/SC(=S)N(CCc3ccc(OC)cc3)C2=O)c1)C(=O)O. The number of carbonyl (C=O) groups is 2. The van der Waals surface area contributed by atoms with Crippen molar-refractivity contribution in [2.24, 2.45) is 0 Å². The van der Waals surface area contributed by atoms with Crippen molar-refractivity contribution in [2.75, 3.05) is 13.7 Å². The van der Waals surface area contributed by atoms with Crippen LogP contribution in [0.25, 0.3) is 6.08 Å². The zero-order chi connectivity index (χ0) is 22.4. The van der Waals surface area contributed by atoms with Gasteiger partial charge in [0.2, 0.25) is 0 Å². The summed E-state index contributed by atoms with van der Waals surface area (Å²) in [5, 5.41) is 9.17. The van der Waals surface area contributed by atoms with Crippen molar-refractivity contribution in [1.29, 1.82) is 0 Å². The Labute approximate surface area is 190 Å². The number of thiocarbonyl (C=S) groups is 1. The number of ether oxygens (including phenoxy) is 2. The quantitative estimate of drug-likeness (QED) is 0.442. The van der Waals surface area contributed by atoms with E-state index in [0.717, 1.165) is 16.9 Å². The fraction of sp³-hybridized carbons (Fsp3) is 0.261. The van der Waals surface area contributed by atoms with E-state index < -0.39 is 12.1 Å². The maximum atomic E-state index is 12.9. The zero-order valence-corrected chi connectivity index (χ0v) is 18.9. The molecule has 1 amide bonds. The van der Waals surface area contributed by atoms with E-state index in [9.17, 15) is 14.7 Å². The molecule has 1 atom stereocenters. The van der Waals surface area contributed by atoms with Crippen LogP contribution in [0.5, 0.6) is 11.5 Å². The molecule has 0 bridgehead atoms. The summed E-state index contributed by atoms with van der Waals surface area (Å²) in [4.78, 5) is 26.2. The van der Waals surface area contributed by atoms with Gasteiger partial charge < -0.3 is 14.6 Å². The lowest BCUT2D eigenvalue weighted by atomic mass is 10.1. The highest BCUT2D eigenvalue weighted by molar-refractivity contribution is 8.26. The third-order valence-corrected chi connectivity index (χ3v) is 6.11. The van der Waals surface area contributed by atoms with Crippen LogP contribution in [0, 0.1) is 0 Å². The number of hydrogen-bond acceptors (Lipinski definition) is 6. The molecular formula is C23H23NO5S2. The number of carbonyl (C=O) groups excluding carboxylic acids is 1. The van der Waals surface area contributed by atoms with Crippen molar-refractivity contribution >= 4 is 46.3 Å². The number of amides is 1. The van der Waals surface area contributed by atoms with Gasteiger partial charge in [0.15, 0.2) is 6.10 Å². The third kappa shape index (κ3) is 5.86. The Balaban J connectivity index is 1.68. The van der Waals surface area contributed by atoms with E-state index in [0.29, 0.717) is 34.4 Å². The summed E-state index contributed by atoms with van der Waals surface area (Å²) in [7, 11) is 1.62. The minimum Gasteiger partial charge on any atom is -0.497 e. The van der Waals surface area contributed by atoms with E-state index in [2.05, 4.69) is 0 Å². The average Bonchev–Trinajstić information content (AvgIpc) is 3.03. The smallest absolute Gasteiger partial charge is 0.344 e. The van der Waals surface area contributed by atoms with E-state index in [1.54, 1.807) is 43.2 Å². The predicted molar refractivity (Wildman–Crippen MR) is 125 cm³/mol. The van der Waals surface area contributed by atoms with Crippen molar-refractivity contribution < 1.29 is 24.2 Å². The summed E-state index contributed by atoms with van der Waals surface area (Å²) >= 11 is 6.67. The molecule has 0 saturated carbocycles. The van der Waals surface area contributed by atoms with Crippen LogP contribution >= 0.6 is 24.0 Å². The monoisotopic (exact) mass is 457 g/mol. The lowest BCUT2D eigenvalue weighted by molar-refractivity contribution is -0.145. The fourth-order valence-corrected chi connectivity index (χ4v) is 4.34. The van der Waals surface area contributed by atoms with Crippen molar-refractivity contribution in [3.8, 4) is 11.5 Å². The minimum absolute atomic E-state index is 0.133. The summed E-state index contributed by atoms with van der Waals surface area (Å²) in [6.45, 7) is 2.24. The molecule has 2 aromatic carbocycles. The Kier molecular flexibility index (Phi) is 7.70. The predicted octanol–water partition coefficient (Wildman–Crippen LogP) is 4.38. The fourth-order valence-electron chi connectivity index (χ4n) is 3.03. The second-order valence-corrected chi connectivity index (χ2v) is 8.53. The van der Waals surface area contributed by atoms with Crippen molar-refractivity contribution in [3.05, 3.63) is 64.6 Å². The molecule has 1 N–H and O–H groups in total. The summed E-state index contributed by atoms with van der Waals surface area (Å²) < 4.78 is 11.2. The third-order valence-electron chi connectivity index (χ3n) is 4.74. The van der Waals surface area contributed by atoms with Gasteiger partial charge in [0.05, 0.1) is 12.0 Å². The van der Waals surface area contributed by atoms with Gasteiger partial charge in [-0.1, -0.05) is 55.2 Å². The van der Waals surface area contributed by atoms with Gasteiger partial charge in [-0.05, 0) is 54.3 Å². The van der Waals surface area contributed by atoms with E-state index in [1.807, 2.05) is 30.3 Å². The highest BCUT2D eigenvalue weighted by Crippen LogP contribution is 2.33. The largest absolute Gasteiger partial charge is 0.497 e. The second kappa shape index (κ2) is 10.5. The molecule has 3 rings (SSSR count). The molecule has 1 aliphatic rings. The molecule has 0 spiro atoms. The van der Waals surface area contributed by atoms with E-state index in [1.165, 1.54) is 11.8 Å². The number of rotatable bonds is 9. The lowest BCUT2D eigenvalue weighted by Gasteiger charge is -2.14. The van der Waals surface area contributed by atoms with Gasteiger partial charge in [0, 0.05) is 6.54 Å². The van der Waals surface area contributed by atoms with Crippen LogP contribution in [0.1, 0.15) is 24.5 Å².